The van der Waals surface area contributed by atoms with Gasteiger partial charge in [0.05, 0.1) is 17.1 Å². The lowest BCUT2D eigenvalue weighted by molar-refractivity contribution is 0.0734. The molecule has 2 aromatic rings. The molecule has 0 radical (unpaired) electrons. The van der Waals surface area contributed by atoms with E-state index in [0.29, 0.717) is 21.5 Å². The van der Waals surface area contributed by atoms with Crippen molar-refractivity contribution in [1.82, 2.24) is 0 Å². The molecule has 0 aliphatic heterocycles. The van der Waals surface area contributed by atoms with Crippen LogP contribution in [-0.2, 0) is 5.41 Å². The van der Waals surface area contributed by atoms with Crippen LogP contribution in [0.15, 0.2) is 46.9 Å². The van der Waals surface area contributed by atoms with Gasteiger partial charge in [-0.25, -0.2) is 4.79 Å². The molecule has 0 N–H and O–H groups in total. The molecule has 2 aromatic carbocycles. The van der Waals surface area contributed by atoms with E-state index in [-0.39, 0.29) is 5.41 Å². The van der Waals surface area contributed by atoms with Gasteiger partial charge >= 0.3 is 5.97 Å². The molecule has 0 saturated carbocycles. The quantitative estimate of drug-likeness (QED) is 0.570. The molecule has 0 bridgehead atoms. The van der Waals surface area contributed by atoms with E-state index >= 15 is 0 Å². The molecule has 0 heterocycles. The maximum Gasteiger partial charge on any atom is 0.343 e. The van der Waals surface area contributed by atoms with Crippen LogP contribution >= 0.6 is 15.9 Å². The first kappa shape index (κ1) is 16.6. The fraction of sp³-hybridized carbons (Fsp3) is 0.278. The maximum absolute atomic E-state index is 12.2. The van der Waals surface area contributed by atoms with Crippen LogP contribution in [0.3, 0.4) is 0 Å². The molecule has 3 nitrogen and oxygen atoms in total. The van der Waals surface area contributed by atoms with Gasteiger partial charge in [0.25, 0.3) is 0 Å². The van der Waals surface area contributed by atoms with Gasteiger partial charge < -0.3 is 9.47 Å². The minimum Gasteiger partial charge on any atom is -0.496 e. The Labute approximate surface area is 139 Å². The topological polar surface area (TPSA) is 35.5 Å². The molecular weight excluding hydrogens is 344 g/mol. The predicted molar refractivity (Wildman–Crippen MR) is 90.8 cm³/mol. The zero-order valence-electron chi connectivity index (χ0n) is 13.1. The highest BCUT2D eigenvalue weighted by Crippen LogP contribution is 2.27. The Morgan fingerprint density at radius 1 is 1.05 bits per heavy atom. The first-order valence-corrected chi connectivity index (χ1v) is 7.77. The van der Waals surface area contributed by atoms with Crippen molar-refractivity contribution in [2.24, 2.45) is 0 Å². The van der Waals surface area contributed by atoms with Crippen LogP contribution in [0, 0.1) is 0 Å². The summed E-state index contributed by atoms with van der Waals surface area (Å²) in [6, 6.07) is 12.7. The molecule has 2 rings (SSSR count). The van der Waals surface area contributed by atoms with Crippen LogP contribution in [0.1, 0.15) is 36.7 Å². The zero-order chi connectivity index (χ0) is 16.3. The van der Waals surface area contributed by atoms with Crippen LogP contribution in [0.2, 0.25) is 0 Å². The van der Waals surface area contributed by atoms with E-state index in [0.717, 1.165) is 0 Å². The lowest BCUT2D eigenvalue weighted by Crippen LogP contribution is -2.11. The first-order chi connectivity index (χ1) is 10.3. The number of hydrogen-bond donors (Lipinski definition) is 0. The van der Waals surface area contributed by atoms with Crippen molar-refractivity contribution in [2.75, 3.05) is 7.11 Å². The molecule has 0 spiro atoms. The van der Waals surface area contributed by atoms with Gasteiger partial charge in [-0.3, -0.25) is 0 Å². The monoisotopic (exact) mass is 362 g/mol. The smallest absolute Gasteiger partial charge is 0.343 e. The van der Waals surface area contributed by atoms with Gasteiger partial charge in [-0.15, -0.1) is 0 Å². The molecule has 0 aliphatic rings. The van der Waals surface area contributed by atoms with Crippen LogP contribution in [0.25, 0.3) is 0 Å². The maximum atomic E-state index is 12.2. The standard InChI is InChI=1S/C18H19BrO3/c1-18(2,3)13-6-8-14(9-7-13)22-17(20)12-5-10-16(21-4)15(19)11-12/h5-11H,1-4H3. The van der Waals surface area contributed by atoms with Crippen LogP contribution in [0.4, 0.5) is 0 Å². The summed E-state index contributed by atoms with van der Waals surface area (Å²) in [5.74, 6) is 0.808. The first-order valence-electron chi connectivity index (χ1n) is 6.97. The normalized spacial score (nSPS) is 11.1. The lowest BCUT2D eigenvalue weighted by Gasteiger charge is -2.19. The Hall–Kier alpha value is -1.81. The summed E-state index contributed by atoms with van der Waals surface area (Å²) in [5, 5.41) is 0. The van der Waals surface area contributed by atoms with E-state index in [1.54, 1.807) is 25.3 Å². The minimum absolute atomic E-state index is 0.0728. The van der Waals surface area contributed by atoms with E-state index in [1.165, 1.54) is 5.56 Å². The zero-order valence-corrected chi connectivity index (χ0v) is 14.7. The molecule has 0 amide bonds. The second-order valence-corrected chi connectivity index (χ2v) is 6.87. The molecule has 0 fully saturated rings. The Morgan fingerprint density at radius 2 is 1.68 bits per heavy atom. The molecule has 4 heteroatoms. The summed E-state index contributed by atoms with van der Waals surface area (Å²) in [7, 11) is 1.58. The van der Waals surface area contributed by atoms with Gasteiger partial charge in [-0.2, -0.15) is 0 Å². The second-order valence-electron chi connectivity index (χ2n) is 6.01. The number of halogens is 1. The largest absolute Gasteiger partial charge is 0.496 e. The van der Waals surface area contributed by atoms with E-state index < -0.39 is 5.97 Å². The summed E-state index contributed by atoms with van der Waals surface area (Å²) in [5.41, 5.74) is 1.73. The van der Waals surface area contributed by atoms with E-state index in [2.05, 4.69) is 36.7 Å². The van der Waals surface area contributed by atoms with Crippen molar-refractivity contribution in [2.45, 2.75) is 26.2 Å². The fourth-order valence-corrected chi connectivity index (χ4v) is 2.52. The average Bonchev–Trinajstić information content (AvgIpc) is 2.46. The highest BCUT2D eigenvalue weighted by atomic mass is 79.9. The molecule has 116 valence electrons. The highest BCUT2D eigenvalue weighted by Gasteiger charge is 2.15. The van der Waals surface area contributed by atoms with Crippen molar-refractivity contribution in [3.63, 3.8) is 0 Å². The number of carbonyl (C=O) groups is 1. The third-order valence-corrected chi connectivity index (χ3v) is 3.94. The molecular formula is C18H19BrO3. The Kier molecular flexibility index (Phi) is 4.91. The van der Waals surface area contributed by atoms with Crippen LogP contribution < -0.4 is 9.47 Å². The van der Waals surface area contributed by atoms with E-state index in [9.17, 15) is 4.79 Å². The average molecular weight is 363 g/mol. The summed E-state index contributed by atoms with van der Waals surface area (Å²) in [4.78, 5) is 12.2. The molecule has 0 unspecified atom stereocenters. The van der Waals surface area contributed by atoms with Gasteiger partial charge in [0.15, 0.2) is 0 Å². The molecule has 22 heavy (non-hydrogen) atoms. The SMILES string of the molecule is COc1ccc(C(=O)Oc2ccc(C(C)(C)C)cc2)cc1Br. The fourth-order valence-electron chi connectivity index (χ4n) is 1.98. The minimum atomic E-state index is -0.396. The third kappa shape index (κ3) is 3.89. The van der Waals surface area contributed by atoms with E-state index in [4.69, 9.17) is 9.47 Å². The Bertz CT molecular complexity index is 670. The summed E-state index contributed by atoms with van der Waals surface area (Å²) in [6.45, 7) is 6.43. The Balaban J connectivity index is 2.13. The lowest BCUT2D eigenvalue weighted by atomic mass is 9.87. The summed E-state index contributed by atoms with van der Waals surface area (Å²) >= 11 is 3.36. The molecule has 0 aromatic heterocycles. The van der Waals surface area contributed by atoms with Gasteiger partial charge in [-0.1, -0.05) is 32.9 Å². The number of carbonyl (C=O) groups excluding carboxylic acids is 1. The predicted octanol–water partition coefficient (Wildman–Crippen LogP) is 4.97. The summed E-state index contributed by atoms with van der Waals surface area (Å²) in [6.07, 6.45) is 0. The van der Waals surface area contributed by atoms with Crippen molar-refractivity contribution < 1.29 is 14.3 Å². The number of methoxy groups -OCH3 is 1. The van der Waals surface area contributed by atoms with Gasteiger partial charge in [0.2, 0.25) is 0 Å². The van der Waals surface area contributed by atoms with Crippen LogP contribution in [-0.4, -0.2) is 13.1 Å². The van der Waals surface area contributed by atoms with Crippen molar-refractivity contribution in [3.8, 4) is 11.5 Å². The van der Waals surface area contributed by atoms with Gasteiger partial charge in [-0.05, 0) is 57.2 Å². The van der Waals surface area contributed by atoms with Gasteiger partial charge in [0.1, 0.15) is 11.5 Å². The van der Waals surface area contributed by atoms with Crippen LogP contribution in [0.5, 0.6) is 11.5 Å². The number of rotatable bonds is 3. The molecule has 0 aliphatic carbocycles. The van der Waals surface area contributed by atoms with Crippen molar-refractivity contribution in [1.29, 1.82) is 0 Å². The van der Waals surface area contributed by atoms with Crippen molar-refractivity contribution >= 4 is 21.9 Å². The second kappa shape index (κ2) is 6.53. The number of esters is 1. The van der Waals surface area contributed by atoms with E-state index in [1.807, 2.05) is 24.3 Å². The third-order valence-electron chi connectivity index (χ3n) is 3.32. The number of hydrogen-bond acceptors (Lipinski definition) is 3. The molecule has 0 atom stereocenters. The number of benzene rings is 2. The summed E-state index contributed by atoms with van der Waals surface area (Å²) < 4.78 is 11.3. The molecule has 0 saturated heterocycles. The van der Waals surface area contributed by atoms with Gasteiger partial charge in [0, 0.05) is 0 Å². The van der Waals surface area contributed by atoms with Crippen molar-refractivity contribution in [3.05, 3.63) is 58.1 Å². The highest BCUT2D eigenvalue weighted by molar-refractivity contribution is 9.10. The Morgan fingerprint density at radius 3 is 2.18 bits per heavy atom. The number of ether oxygens (including phenoxy) is 2.